The molecule has 1 atom stereocenters. The molecule has 1 unspecified atom stereocenters. The molecule has 0 aliphatic carbocycles. The number of halogens is 2. The van der Waals surface area contributed by atoms with Crippen LogP contribution < -0.4 is 0 Å². The van der Waals surface area contributed by atoms with E-state index >= 15 is 0 Å². The van der Waals surface area contributed by atoms with Crippen LogP contribution in [0, 0.1) is 11.7 Å². The maximum atomic E-state index is 13.3. The molecule has 1 aromatic rings. The van der Waals surface area contributed by atoms with Crippen molar-refractivity contribution in [2.24, 2.45) is 5.92 Å². The van der Waals surface area contributed by atoms with E-state index in [0.717, 1.165) is 18.4 Å². The fourth-order valence-electron chi connectivity index (χ4n) is 1.91. The summed E-state index contributed by atoms with van der Waals surface area (Å²) in [6.45, 7) is 4.33. The van der Waals surface area contributed by atoms with Gasteiger partial charge in [-0.05, 0) is 41.6 Å². The minimum absolute atomic E-state index is 0.0214. The topological polar surface area (TPSA) is 17.1 Å². The molecule has 0 saturated heterocycles. The summed E-state index contributed by atoms with van der Waals surface area (Å²) in [7, 11) is 0. The van der Waals surface area contributed by atoms with E-state index in [1.54, 1.807) is 12.1 Å². The summed E-state index contributed by atoms with van der Waals surface area (Å²) >= 11 is 5.32. The predicted molar refractivity (Wildman–Crippen MR) is 69.0 cm³/mol. The number of benzene rings is 1. The van der Waals surface area contributed by atoms with Crippen molar-refractivity contribution in [1.29, 1.82) is 0 Å². The standard InChI is InChI=1S/C14H18ClFO/c1-3-4-5-10(2)8-11-6-7-13(16)12(9-11)14(15)17/h6-7,9-10H,3-5,8H2,1-2H3. The Morgan fingerprint density at radius 1 is 1.47 bits per heavy atom. The van der Waals surface area contributed by atoms with Crippen LogP contribution >= 0.6 is 11.6 Å². The molecule has 1 nitrogen and oxygen atoms in total. The molecule has 1 rings (SSSR count). The summed E-state index contributed by atoms with van der Waals surface area (Å²) < 4.78 is 13.3. The molecule has 0 spiro atoms. The smallest absolute Gasteiger partial charge is 0.255 e. The third kappa shape index (κ3) is 4.47. The number of carbonyl (C=O) groups excluding carboxylic acids is 1. The Bertz CT molecular complexity index is 390. The van der Waals surface area contributed by atoms with Crippen LogP contribution in [0.25, 0.3) is 0 Å². The maximum Gasteiger partial charge on any atom is 0.255 e. The Kier molecular flexibility index (Phi) is 5.63. The van der Waals surface area contributed by atoms with Gasteiger partial charge in [-0.15, -0.1) is 0 Å². The van der Waals surface area contributed by atoms with Gasteiger partial charge in [-0.2, -0.15) is 0 Å². The van der Waals surface area contributed by atoms with Crippen molar-refractivity contribution in [3.8, 4) is 0 Å². The molecule has 0 aliphatic heterocycles. The summed E-state index contributed by atoms with van der Waals surface area (Å²) in [4.78, 5) is 11.0. The van der Waals surface area contributed by atoms with Gasteiger partial charge in [0.15, 0.2) is 0 Å². The highest BCUT2D eigenvalue weighted by atomic mass is 35.5. The monoisotopic (exact) mass is 256 g/mol. The lowest BCUT2D eigenvalue weighted by molar-refractivity contribution is 0.107. The molecule has 0 radical (unpaired) electrons. The van der Waals surface area contributed by atoms with Crippen LogP contribution in [0.2, 0.25) is 0 Å². The molecule has 0 N–H and O–H groups in total. The normalized spacial score (nSPS) is 12.5. The number of unbranched alkanes of at least 4 members (excludes halogenated alkanes) is 1. The summed E-state index contributed by atoms with van der Waals surface area (Å²) in [5.74, 6) is -0.00588. The van der Waals surface area contributed by atoms with E-state index in [0.29, 0.717) is 5.92 Å². The minimum Gasteiger partial charge on any atom is -0.275 e. The van der Waals surface area contributed by atoms with Crippen molar-refractivity contribution < 1.29 is 9.18 Å². The highest BCUT2D eigenvalue weighted by Crippen LogP contribution is 2.18. The third-order valence-electron chi connectivity index (χ3n) is 2.88. The zero-order valence-electron chi connectivity index (χ0n) is 10.3. The van der Waals surface area contributed by atoms with Crippen molar-refractivity contribution in [2.45, 2.75) is 39.5 Å². The van der Waals surface area contributed by atoms with E-state index in [1.165, 1.54) is 18.9 Å². The van der Waals surface area contributed by atoms with Crippen molar-refractivity contribution in [2.75, 3.05) is 0 Å². The van der Waals surface area contributed by atoms with Crippen LogP contribution in [-0.2, 0) is 6.42 Å². The Labute approximate surface area is 107 Å². The fraction of sp³-hybridized carbons (Fsp3) is 0.500. The van der Waals surface area contributed by atoms with Crippen molar-refractivity contribution in [3.05, 3.63) is 35.1 Å². The van der Waals surface area contributed by atoms with E-state index in [2.05, 4.69) is 13.8 Å². The maximum absolute atomic E-state index is 13.3. The van der Waals surface area contributed by atoms with Gasteiger partial charge in [-0.1, -0.05) is 39.2 Å². The molecule has 0 bridgehead atoms. The van der Waals surface area contributed by atoms with Gasteiger partial charge in [-0.25, -0.2) is 4.39 Å². The van der Waals surface area contributed by atoms with Gasteiger partial charge in [0, 0.05) is 0 Å². The van der Waals surface area contributed by atoms with Gasteiger partial charge < -0.3 is 0 Å². The fourth-order valence-corrected chi connectivity index (χ4v) is 2.05. The van der Waals surface area contributed by atoms with Gasteiger partial charge in [-0.3, -0.25) is 4.79 Å². The van der Waals surface area contributed by atoms with Gasteiger partial charge in [0.1, 0.15) is 5.82 Å². The van der Waals surface area contributed by atoms with Crippen LogP contribution in [0.5, 0.6) is 0 Å². The van der Waals surface area contributed by atoms with Crippen LogP contribution in [0.4, 0.5) is 4.39 Å². The van der Waals surface area contributed by atoms with E-state index in [9.17, 15) is 9.18 Å². The van der Waals surface area contributed by atoms with E-state index in [4.69, 9.17) is 11.6 Å². The summed E-state index contributed by atoms with van der Waals surface area (Å²) in [6, 6.07) is 4.60. The SMILES string of the molecule is CCCCC(C)Cc1ccc(F)c(C(=O)Cl)c1. The molecule has 0 heterocycles. The average molecular weight is 257 g/mol. The van der Waals surface area contributed by atoms with E-state index < -0.39 is 11.1 Å². The molecule has 1 aromatic carbocycles. The molecule has 17 heavy (non-hydrogen) atoms. The van der Waals surface area contributed by atoms with E-state index in [1.807, 2.05) is 0 Å². The zero-order chi connectivity index (χ0) is 12.8. The summed E-state index contributed by atoms with van der Waals surface area (Å²) in [5, 5.41) is -0.731. The molecule has 0 amide bonds. The molecule has 0 fully saturated rings. The number of hydrogen-bond donors (Lipinski definition) is 0. The van der Waals surface area contributed by atoms with Gasteiger partial charge in [0.25, 0.3) is 5.24 Å². The molecule has 94 valence electrons. The Hall–Kier alpha value is -0.890. The van der Waals surface area contributed by atoms with Crippen molar-refractivity contribution in [3.63, 3.8) is 0 Å². The second-order valence-electron chi connectivity index (χ2n) is 4.54. The molecule has 0 aromatic heterocycles. The first-order chi connectivity index (χ1) is 8.04. The molecule has 0 saturated carbocycles. The third-order valence-corrected chi connectivity index (χ3v) is 3.08. The summed E-state index contributed by atoms with van der Waals surface area (Å²) in [6.07, 6.45) is 4.39. The van der Waals surface area contributed by atoms with Crippen LogP contribution in [0.15, 0.2) is 18.2 Å². The number of hydrogen-bond acceptors (Lipinski definition) is 1. The second-order valence-corrected chi connectivity index (χ2v) is 4.88. The number of rotatable bonds is 6. The largest absolute Gasteiger partial charge is 0.275 e. The number of carbonyl (C=O) groups is 1. The molecule has 3 heteroatoms. The first-order valence-corrected chi connectivity index (χ1v) is 6.40. The molecule has 0 aliphatic rings. The van der Waals surface area contributed by atoms with E-state index in [-0.39, 0.29) is 5.56 Å². The van der Waals surface area contributed by atoms with Gasteiger partial charge in [0.2, 0.25) is 0 Å². The second kappa shape index (κ2) is 6.75. The molecular weight excluding hydrogens is 239 g/mol. The lowest BCUT2D eigenvalue weighted by Crippen LogP contribution is -2.02. The van der Waals surface area contributed by atoms with Gasteiger partial charge in [0.05, 0.1) is 5.56 Å². The Morgan fingerprint density at radius 2 is 2.18 bits per heavy atom. The Balaban J connectivity index is 2.72. The predicted octanol–water partition coefficient (Wildman–Crippen LogP) is 4.57. The summed E-state index contributed by atoms with van der Waals surface area (Å²) in [5.41, 5.74) is 0.950. The van der Waals surface area contributed by atoms with Gasteiger partial charge >= 0.3 is 0 Å². The lowest BCUT2D eigenvalue weighted by atomic mass is 9.95. The van der Waals surface area contributed by atoms with Crippen LogP contribution in [-0.4, -0.2) is 5.24 Å². The minimum atomic E-state index is -0.731. The van der Waals surface area contributed by atoms with Crippen LogP contribution in [0.1, 0.15) is 49.0 Å². The highest BCUT2D eigenvalue weighted by Gasteiger charge is 2.11. The quantitative estimate of drug-likeness (QED) is 0.681. The zero-order valence-corrected chi connectivity index (χ0v) is 11.1. The Morgan fingerprint density at radius 3 is 2.76 bits per heavy atom. The highest BCUT2D eigenvalue weighted by molar-refractivity contribution is 6.67. The van der Waals surface area contributed by atoms with Crippen LogP contribution in [0.3, 0.4) is 0 Å². The first-order valence-electron chi connectivity index (χ1n) is 6.02. The molecular formula is C14H18ClFO. The van der Waals surface area contributed by atoms with Crippen molar-refractivity contribution >= 4 is 16.8 Å². The van der Waals surface area contributed by atoms with Crippen molar-refractivity contribution in [1.82, 2.24) is 0 Å². The average Bonchev–Trinajstić information content (AvgIpc) is 2.28. The lowest BCUT2D eigenvalue weighted by Gasteiger charge is -2.11. The first kappa shape index (κ1) is 14.2.